The van der Waals surface area contributed by atoms with Crippen LogP contribution in [0.1, 0.15) is 35.6 Å². The number of thiazole rings is 1. The zero-order valence-electron chi connectivity index (χ0n) is 14.7. The van der Waals surface area contributed by atoms with E-state index in [9.17, 15) is 4.79 Å². The molecule has 0 saturated heterocycles. The molecule has 1 amide bonds. The number of nitrogens with one attached hydrogen (secondary N) is 1. The molecule has 0 aliphatic carbocycles. The zero-order valence-corrected chi connectivity index (χ0v) is 15.6. The van der Waals surface area contributed by atoms with Crippen molar-refractivity contribution in [1.29, 1.82) is 0 Å². The Morgan fingerprint density at radius 2 is 1.96 bits per heavy atom. The summed E-state index contributed by atoms with van der Waals surface area (Å²) >= 11 is 1.55. The maximum atomic E-state index is 12.7. The quantitative estimate of drug-likeness (QED) is 0.728. The number of benzene rings is 1. The molecule has 0 unspecified atom stereocenters. The van der Waals surface area contributed by atoms with Crippen LogP contribution in [0.3, 0.4) is 0 Å². The van der Waals surface area contributed by atoms with Crippen molar-refractivity contribution in [3.8, 4) is 10.9 Å². The van der Waals surface area contributed by atoms with E-state index >= 15 is 0 Å². The van der Waals surface area contributed by atoms with E-state index in [1.807, 2.05) is 68.0 Å². The van der Waals surface area contributed by atoms with Gasteiger partial charge in [-0.25, -0.2) is 4.98 Å². The van der Waals surface area contributed by atoms with Crippen LogP contribution in [0.15, 0.2) is 41.9 Å². The summed E-state index contributed by atoms with van der Waals surface area (Å²) in [4.78, 5) is 17.0. The van der Waals surface area contributed by atoms with E-state index in [0.29, 0.717) is 5.56 Å². The Bertz CT molecular complexity index is 865. The predicted molar refractivity (Wildman–Crippen MR) is 101 cm³/mol. The highest BCUT2D eigenvalue weighted by atomic mass is 32.1. The molecule has 0 saturated carbocycles. The molecule has 130 valence electrons. The zero-order chi connectivity index (χ0) is 18.0. The summed E-state index contributed by atoms with van der Waals surface area (Å²) in [5.74, 6) is 0.656. The van der Waals surface area contributed by atoms with Crippen LogP contribution in [-0.2, 0) is 0 Å². The Morgan fingerprint density at radius 1 is 1.24 bits per heavy atom. The molecule has 1 N–H and O–H groups in total. The minimum atomic E-state index is -0.131. The molecule has 3 rings (SSSR count). The van der Waals surface area contributed by atoms with Gasteiger partial charge in [0.25, 0.3) is 5.91 Å². The highest BCUT2D eigenvalue weighted by Gasteiger charge is 2.17. The fourth-order valence-corrected chi connectivity index (χ4v) is 3.45. The minimum Gasteiger partial charge on any atom is -0.491 e. The average molecular weight is 355 g/mol. The van der Waals surface area contributed by atoms with Gasteiger partial charge in [0.15, 0.2) is 5.13 Å². The molecule has 0 atom stereocenters. The van der Waals surface area contributed by atoms with Gasteiger partial charge in [0, 0.05) is 28.7 Å². The first-order chi connectivity index (χ1) is 12.0. The number of rotatable bonds is 5. The molecule has 0 aliphatic heterocycles. The number of amides is 1. The maximum absolute atomic E-state index is 12.7. The molecule has 25 heavy (non-hydrogen) atoms. The highest BCUT2D eigenvalue weighted by molar-refractivity contribution is 7.12. The Balaban J connectivity index is 1.79. The molecule has 0 fully saturated rings. The molecule has 2 heterocycles. The molecule has 1 aromatic carbocycles. The first-order valence-corrected chi connectivity index (χ1v) is 9.00. The molecule has 3 aromatic rings. The van der Waals surface area contributed by atoms with E-state index in [0.717, 1.165) is 28.0 Å². The lowest BCUT2D eigenvalue weighted by atomic mass is 10.2. The fraction of sp³-hybridized carbons (Fsp3) is 0.263. The maximum Gasteiger partial charge on any atom is 0.257 e. The van der Waals surface area contributed by atoms with E-state index < -0.39 is 0 Å². The lowest BCUT2D eigenvalue weighted by Crippen LogP contribution is -2.13. The lowest BCUT2D eigenvalue weighted by Gasteiger charge is -2.11. The van der Waals surface area contributed by atoms with Crippen LogP contribution in [0.25, 0.3) is 5.13 Å². The number of hydrogen-bond acceptors (Lipinski definition) is 4. The molecular weight excluding hydrogens is 334 g/mol. The van der Waals surface area contributed by atoms with Gasteiger partial charge in [-0.3, -0.25) is 9.36 Å². The van der Waals surface area contributed by atoms with Crippen molar-refractivity contribution in [2.45, 2.75) is 33.8 Å². The van der Waals surface area contributed by atoms with Crippen LogP contribution in [0.5, 0.6) is 5.75 Å². The van der Waals surface area contributed by atoms with Crippen molar-refractivity contribution in [1.82, 2.24) is 9.55 Å². The van der Waals surface area contributed by atoms with Crippen molar-refractivity contribution in [2.75, 3.05) is 5.32 Å². The largest absolute Gasteiger partial charge is 0.491 e. The molecular formula is C19H21N3O2S. The van der Waals surface area contributed by atoms with Crippen LogP contribution in [0.4, 0.5) is 5.69 Å². The third-order valence-corrected chi connectivity index (χ3v) is 4.53. The number of ether oxygens (including phenoxy) is 1. The lowest BCUT2D eigenvalue weighted by molar-refractivity contribution is 0.102. The summed E-state index contributed by atoms with van der Waals surface area (Å²) in [6.45, 7) is 7.87. The number of carbonyl (C=O) groups excluding carboxylic acids is 1. The SMILES string of the molecule is Cc1cc(C(=O)Nc2ccc(OC(C)C)cc2)c(C)n1-c1nccs1. The van der Waals surface area contributed by atoms with Crippen molar-refractivity contribution < 1.29 is 9.53 Å². The first kappa shape index (κ1) is 17.2. The third-order valence-electron chi connectivity index (χ3n) is 3.77. The second-order valence-corrected chi connectivity index (χ2v) is 6.95. The van der Waals surface area contributed by atoms with Crippen LogP contribution < -0.4 is 10.1 Å². The molecule has 5 nitrogen and oxygen atoms in total. The van der Waals surface area contributed by atoms with Gasteiger partial charge >= 0.3 is 0 Å². The molecule has 2 aromatic heterocycles. The van der Waals surface area contributed by atoms with E-state index in [1.54, 1.807) is 17.5 Å². The molecule has 0 aliphatic rings. The molecule has 0 radical (unpaired) electrons. The fourth-order valence-electron chi connectivity index (χ4n) is 2.70. The standard InChI is InChI=1S/C19H21N3O2S/c1-12(2)24-16-7-5-15(6-8-16)21-18(23)17-11-13(3)22(14(17)4)19-20-9-10-25-19/h5-12H,1-4H3,(H,21,23). The summed E-state index contributed by atoms with van der Waals surface area (Å²) in [6.07, 6.45) is 1.89. The van der Waals surface area contributed by atoms with Gasteiger partial charge in [-0.2, -0.15) is 0 Å². The predicted octanol–water partition coefficient (Wildman–Crippen LogP) is 4.59. The van der Waals surface area contributed by atoms with Gasteiger partial charge < -0.3 is 10.1 Å². The molecule has 6 heteroatoms. The molecule has 0 spiro atoms. The summed E-state index contributed by atoms with van der Waals surface area (Å²) in [7, 11) is 0. The van der Waals surface area contributed by atoms with E-state index in [-0.39, 0.29) is 12.0 Å². The number of nitrogens with zero attached hydrogens (tertiary/aromatic N) is 2. The van der Waals surface area contributed by atoms with Crippen molar-refractivity contribution in [3.63, 3.8) is 0 Å². The van der Waals surface area contributed by atoms with Crippen LogP contribution in [0.2, 0.25) is 0 Å². The van der Waals surface area contributed by atoms with Crippen LogP contribution in [0, 0.1) is 13.8 Å². The first-order valence-electron chi connectivity index (χ1n) is 8.12. The molecule has 0 bridgehead atoms. The van der Waals surface area contributed by atoms with Crippen molar-refractivity contribution in [2.24, 2.45) is 0 Å². The van der Waals surface area contributed by atoms with Gasteiger partial charge in [-0.05, 0) is 58.0 Å². The van der Waals surface area contributed by atoms with Gasteiger partial charge in [0.1, 0.15) is 5.75 Å². The second-order valence-electron chi connectivity index (χ2n) is 6.08. The van der Waals surface area contributed by atoms with E-state index in [4.69, 9.17) is 4.74 Å². The Labute approximate surface area is 151 Å². The van der Waals surface area contributed by atoms with Crippen molar-refractivity contribution >= 4 is 22.9 Å². The second kappa shape index (κ2) is 7.11. The minimum absolute atomic E-state index is 0.122. The monoisotopic (exact) mass is 355 g/mol. The Kier molecular flexibility index (Phi) is 4.90. The Hall–Kier alpha value is -2.60. The van der Waals surface area contributed by atoms with Gasteiger partial charge in [-0.1, -0.05) is 0 Å². The summed E-state index contributed by atoms with van der Waals surface area (Å²) in [6, 6.07) is 9.29. The van der Waals surface area contributed by atoms with E-state index in [1.165, 1.54) is 0 Å². The number of hydrogen-bond donors (Lipinski definition) is 1. The summed E-state index contributed by atoms with van der Waals surface area (Å²) < 4.78 is 7.62. The summed E-state index contributed by atoms with van der Waals surface area (Å²) in [5, 5.41) is 5.73. The highest BCUT2D eigenvalue weighted by Crippen LogP contribution is 2.23. The number of anilines is 1. The topological polar surface area (TPSA) is 56.1 Å². The van der Waals surface area contributed by atoms with Gasteiger partial charge in [0.2, 0.25) is 0 Å². The average Bonchev–Trinajstić information content (AvgIpc) is 3.16. The summed E-state index contributed by atoms with van der Waals surface area (Å²) in [5.41, 5.74) is 3.25. The number of aryl methyl sites for hydroxylation is 1. The number of aromatic nitrogens is 2. The van der Waals surface area contributed by atoms with E-state index in [2.05, 4.69) is 10.3 Å². The normalized spacial score (nSPS) is 10.9. The Morgan fingerprint density at radius 3 is 2.56 bits per heavy atom. The van der Waals surface area contributed by atoms with Crippen LogP contribution in [-0.4, -0.2) is 21.6 Å². The van der Waals surface area contributed by atoms with Crippen LogP contribution >= 0.6 is 11.3 Å². The van der Waals surface area contributed by atoms with Gasteiger partial charge in [0.05, 0.1) is 11.7 Å². The smallest absolute Gasteiger partial charge is 0.257 e. The van der Waals surface area contributed by atoms with Crippen molar-refractivity contribution in [3.05, 3.63) is 58.9 Å². The van der Waals surface area contributed by atoms with Gasteiger partial charge in [-0.15, -0.1) is 11.3 Å². The third kappa shape index (κ3) is 3.74. The number of carbonyl (C=O) groups is 1.